The third-order valence-electron chi connectivity index (χ3n) is 4.02. The second kappa shape index (κ2) is 12.0. The van der Waals surface area contributed by atoms with Crippen LogP contribution >= 0.6 is 0 Å². The fraction of sp³-hybridized carbons (Fsp3) is 0.706. The number of amides is 3. The van der Waals surface area contributed by atoms with Crippen molar-refractivity contribution in [2.75, 3.05) is 6.61 Å². The standard InChI is InChI=1S/C17H30N4O8/c1-7(2)12(16(27)21-13(8(3)4)17(28)29)20-15(26)10(5-11(23)24)19-14(25)9(18)6-22/h7-10,12-13,22H,5-6,18H2,1-4H3,(H,19,25)(H,20,26)(H,21,27)(H,23,24)(H,28,29). The summed E-state index contributed by atoms with van der Waals surface area (Å²) in [6.07, 6.45) is -0.786. The lowest BCUT2D eigenvalue weighted by Crippen LogP contribution is -2.59. The Morgan fingerprint density at radius 3 is 1.66 bits per heavy atom. The molecule has 4 atom stereocenters. The van der Waals surface area contributed by atoms with Crippen molar-refractivity contribution in [3.8, 4) is 0 Å². The number of aliphatic carboxylic acids is 2. The lowest BCUT2D eigenvalue weighted by atomic mass is 9.99. The Balaban J connectivity index is 5.41. The average Bonchev–Trinajstić information content (AvgIpc) is 2.60. The fourth-order valence-electron chi connectivity index (χ4n) is 2.29. The molecule has 3 amide bonds. The third-order valence-corrected chi connectivity index (χ3v) is 4.02. The van der Waals surface area contributed by atoms with E-state index in [1.54, 1.807) is 27.7 Å². The first-order valence-corrected chi connectivity index (χ1v) is 9.03. The van der Waals surface area contributed by atoms with E-state index in [1.807, 2.05) is 0 Å². The van der Waals surface area contributed by atoms with Gasteiger partial charge >= 0.3 is 11.9 Å². The van der Waals surface area contributed by atoms with E-state index in [0.717, 1.165) is 0 Å². The first-order valence-electron chi connectivity index (χ1n) is 9.03. The molecular weight excluding hydrogens is 388 g/mol. The maximum absolute atomic E-state index is 12.5. The molecule has 0 aliphatic rings. The van der Waals surface area contributed by atoms with Crippen molar-refractivity contribution in [1.82, 2.24) is 16.0 Å². The molecule has 166 valence electrons. The Labute approximate surface area is 168 Å². The summed E-state index contributed by atoms with van der Waals surface area (Å²) in [6, 6.07) is -5.27. The van der Waals surface area contributed by atoms with Gasteiger partial charge < -0.3 is 37.0 Å². The summed E-state index contributed by atoms with van der Waals surface area (Å²) in [5, 5.41) is 33.9. The van der Waals surface area contributed by atoms with Crippen LogP contribution < -0.4 is 21.7 Å². The highest BCUT2D eigenvalue weighted by Gasteiger charge is 2.33. The number of carboxylic acids is 2. The van der Waals surface area contributed by atoms with Crippen LogP contribution in [0.1, 0.15) is 34.1 Å². The lowest BCUT2D eigenvalue weighted by Gasteiger charge is -2.27. The van der Waals surface area contributed by atoms with Gasteiger partial charge in [-0.1, -0.05) is 27.7 Å². The summed E-state index contributed by atoms with van der Waals surface area (Å²) >= 11 is 0. The molecule has 0 aromatic heterocycles. The van der Waals surface area contributed by atoms with Crippen LogP contribution in [0, 0.1) is 11.8 Å². The van der Waals surface area contributed by atoms with Crippen molar-refractivity contribution in [3.63, 3.8) is 0 Å². The summed E-state index contributed by atoms with van der Waals surface area (Å²) < 4.78 is 0. The Kier molecular flexibility index (Phi) is 10.8. The van der Waals surface area contributed by atoms with Gasteiger partial charge in [-0.25, -0.2) is 4.79 Å². The smallest absolute Gasteiger partial charge is 0.326 e. The van der Waals surface area contributed by atoms with Crippen molar-refractivity contribution in [3.05, 3.63) is 0 Å². The predicted octanol–water partition coefficient (Wildman–Crippen LogP) is -2.37. The molecule has 0 aliphatic carbocycles. The number of nitrogens with one attached hydrogen (secondary N) is 3. The number of carboxylic acid groups (broad SMARTS) is 2. The Morgan fingerprint density at radius 1 is 0.793 bits per heavy atom. The predicted molar refractivity (Wildman–Crippen MR) is 100 cm³/mol. The fourth-order valence-corrected chi connectivity index (χ4v) is 2.29. The average molecular weight is 418 g/mol. The molecule has 12 nitrogen and oxygen atoms in total. The molecule has 0 fully saturated rings. The molecule has 0 aliphatic heterocycles. The molecule has 0 spiro atoms. The van der Waals surface area contributed by atoms with Gasteiger partial charge in [0.05, 0.1) is 13.0 Å². The zero-order valence-electron chi connectivity index (χ0n) is 16.8. The van der Waals surface area contributed by atoms with E-state index < -0.39 is 78.7 Å². The van der Waals surface area contributed by atoms with Gasteiger partial charge in [0.25, 0.3) is 0 Å². The first-order chi connectivity index (χ1) is 13.3. The molecule has 0 saturated heterocycles. The number of rotatable bonds is 12. The zero-order chi connectivity index (χ0) is 22.9. The number of carbonyl (C=O) groups excluding carboxylic acids is 3. The van der Waals surface area contributed by atoms with Crippen LogP contribution in [-0.4, -0.2) is 75.8 Å². The zero-order valence-corrected chi connectivity index (χ0v) is 16.8. The lowest BCUT2D eigenvalue weighted by molar-refractivity contribution is -0.144. The van der Waals surface area contributed by atoms with Crippen molar-refractivity contribution < 1.29 is 39.3 Å². The number of hydrogen-bond donors (Lipinski definition) is 7. The highest BCUT2D eigenvalue weighted by Crippen LogP contribution is 2.07. The van der Waals surface area contributed by atoms with Crippen LogP contribution in [0.4, 0.5) is 0 Å². The number of aliphatic hydroxyl groups is 1. The van der Waals surface area contributed by atoms with E-state index >= 15 is 0 Å². The highest BCUT2D eigenvalue weighted by atomic mass is 16.4. The number of aliphatic hydroxyl groups excluding tert-OH is 1. The van der Waals surface area contributed by atoms with Crippen LogP contribution in [0.25, 0.3) is 0 Å². The summed E-state index contributed by atoms with van der Waals surface area (Å²) in [6.45, 7) is 5.69. The van der Waals surface area contributed by atoms with Crippen molar-refractivity contribution in [2.24, 2.45) is 17.6 Å². The van der Waals surface area contributed by atoms with Crippen LogP contribution in [0.5, 0.6) is 0 Å². The molecular formula is C17H30N4O8. The third kappa shape index (κ3) is 8.87. The van der Waals surface area contributed by atoms with Crippen molar-refractivity contribution in [2.45, 2.75) is 58.3 Å². The topological polar surface area (TPSA) is 208 Å². The number of nitrogens with two attached hydrogens (primary N) is 1. The van der Waals surface area contributed by atoms with Gasteiger partial charge in [-0.2, -0.15) is 0 Å². The largest absolute Gasteiger partial charge is 0.481 e. The highest BCUT2D eigenvalue weighted by molar-refractivity contribution is 5.95. The van der Waals surface area contributed by atoms with E-state index in [9.17, 15) is 29.1 Å². The monoisotopic (exact) mass is 418 g/mol. The van der Waals surface area contributed by atoms with Crippen LogP contribution in [-0.2, 0) is 24.0 Å². The van der Waals surface area contributed by atoms with Gasteiger partial charge in [0, 0.05) is 0 Å². The summed E-state index contributed by atoms with van der Waals surface area (Å²) in [4.78, 5) is 59.1. The maximum Gasteiger partial charge on any atom is 0.326 e. The minimum absolute atomic E-state index is 0.418. The van der Waals surface area contributed by atoms with Gasteiger partial charge in [0.15, 0.2) is 0 Å². The molecule has 0 aromatic rings. The number of carbonyl (C=O) groups is 5. The van der Waals surface area contributed by atoms with Gasteiger partial charge in [0.2, 0.25) is 17.7 Å². The molecule has 0 heterocycles. The quantitative estimate of drug-likeness (QED) is 0.180. The summed E-state index contributed by atoms with van der Waals surface area (Å²) in [5.74, 6) is -6.18. The summed E-state index contributed by atoms with van der Waals surface area (Å²) in [5.41, 5.74) is 5.34. The number of hydrogen-bond acceptors (Lipinski definition) is 7. The van der Waals surface area contributed by atoms with Gasteiger partial charge in [0.1, 0.15) is 24.2 Å². The molecule has 8 N–H and O–H groups in total. The van der Waals surface area contributed by atoms with Crippen LogP contribution in [0.2, 0.25) is 0 Å². The van der Waals surface area contributed by atoms with E-state index in [0.29, 0.717) is 0 Å². The van der Waals surface area contributed by atoms with Gasteiger partial charge in [-0.3, -0.25) is 19.2 Å². The maximum atomic E-state index is 12.5. The van der Waals surface area contributed by atoms with Gasteiger partial charge in [-0.15, -0.1) is 0 Å². The Morgan fingerprint density at radius 2 is 1.28 bits per heavy atom. The first kappa shape index (κ1) is 26.3. The Bertz CT molecular complexity index is 623. The molecule has 0 rings (SSSR count). The molecule has 0 aromatic carbocycles. The second-order valence-electron chi connectivity index (χ2n) is 7.25. The minimum atomic E-state index is -1.55. The Hall–Kier alpha value is -2.73. The molecule has 0 bridgehead atoms. The van der Waals surface area contributed by atoms with E-state index in [2.05, 4.69) is 16.0 Å². The molecule has 4 unspecified atom stereocenters. The van der Waals surface area contributed by atoms with Crippen molar-refractivity contribution >= 4 is 29.7 Å². The second-order valence-corrected chi connectivity index (χ2v) is 7.25. The van der Waals surface area contributed by atoms with Crippen molar-refractivity contribution in [1.29, 1.82) is 0 Å². The SMILES string of the molecule is CC(C)C(NC(=O)C(NC(=O)C(CC(=O)O)NC(=O)C(N)CO)C(C)C)C(=O)O. The normalized spacial score (nSPS) is 15.2. The minimum Gasteiger partial charge on any atom is -0.481 e. The van der Waals surface area contributed by atoms with E-state index in [4.69, 9.17) is 15.9 Å². The van der Waals surface area contributed by atoms with Gasteiger partial charge in [-0.05, 0) is 11.8 Å². The van der Waals surface area contributed by atoms with Crippen LogP contribution in [0.15, 0.2) is 0 Å². The van der Waals surface area contributed by atoms with E-state index in [1.165, 1.54) is 0 Å². The van der Waals surface area contributed by atoms with E-state index in [-0.39, 0.29) is 0 Å². The molecule has 29 heavy (non-hydrogen) atoms. The molecule has 0 saturated carbocycles. The van der Waals surface area contributed by atoms with Crippen LogP contribution in [0.3, 0.4) is 0 Å². The summed E-state index contributed by atoms with van der Waals surface area (Å²) in [7, 11) is 0. The molecule has 0 radical (unpaired) electrons. The molecule has 12 heteroatoms.